The Morgan fingerprint density at radius 2 is 1.86 bits per heavy atom. The molecule has 114 valence electrons. The number of rotatable bonds is 6. The first-order valence-corrected chi connectivity index (χ1v) is 7.82. The van der Waals surface area contributed by atoms with Gasteiger partial charge in [-0.25, -0.2) is 0 Å². The molecule has 0 fully saturated rings. The van der Waals surface area contributed by atoms with E-state index in [-0.39, 0.29) is 0 Å². The molecule has 2 N–H and O–H groups in total. The summed E-state index contributed by atoms with van der Waals surface area (Å²) < 4.78 is 6.69. The maximum absolute atomic E-state index is 5.57. The van der Waals surface area contributed by atoms with Crippen LogP contribution >= 0.6 is 15.9 Å². The van der Waals surface area contributed by atoms with Gasteiger partial charge in [0.2, 0.25) is 5.89 Å². The van der Waals surface area contributed by atoms with Crippen LogP contribution in [-0.2, 0) is 6.54 Å². The average Bonchev–Trinajstić information content (AvgIpc) is 2.83. The topological polar surface area (TPSA) is 63.0 Å². The van der Waals surface area contributed by atoms with E-state index in [9.17, 15) is 0 Å². The SMILES string of the molecule is Cc1cc(Nc2nnc(CNCC(C)C)o2)cc(C)c1Br. The summed E-state index contributed by atoms with van der Waals surface area (Å²) in [6.07, 6.45) is 0. The van der Waals surface area contributed by atoms with E-state index >= 15 is 0 Å². The van der Waals surface area contributed by atoms with Gasteiger partial charge < -0.3 is 15.1 Å². The number of aromatic nitrogens is 2. The van der Waals surface area contributed by atoms with Gasteiger partial charge in [0.05, 0.1) is 6.54 Å². The predicted molar refractivity (Wildman–Crippen MR) is 87.7 cm³/mol. The van der Waals surface area contributed by atoms with Crippen molar-refractivity contribution >= 4 is 27.6 Å². The Kier molecular flexibility index (Phi) is 5.36. The monoisotopic (exact) mass is 352 g/mol. The minimum atomic E-state index is 0.414. The molecule has 0 spiro atoms. The highest BCUT2D eigenvalue weighted by atomic mass is 79.9. The minimum absolute atomic E-state index is 0.414. The first-order chi connectivity index (χ1) is 9.95. The third-order valence-electron chi connectivity index (χ3n) is 2.98. The van der Waals surface area contributed by atoms with Crippen LogP contribution in [0.4, 0.5) is 11.7 Å². The fourth-order valence-corrected chi connectivity index (χ4v) is 2.21. The molecule has 21 heavy (non-hydrogen) atoms. The molecule has 0 aliphatic rings. The minimum Gasteiger partial charge on any atom is -0.406 e. The molecule has 1 heterocycles. The number of aryl methyl sites for hydroxylation is 2. The molecule has 2 rings (SSSR count). The highest BCUT2D eigenvalue weighted by molar-refractivity contribution is 9.10. The summed E-state index contributed by atoms with van der Waals surface area (Å²) in [6.45, 7) is 9.94. The Morgan fingerprint density at radius 1 is 1.19 bits per heavy atom. The largest absolute Gasteiger partial charge is 0.406 e. The van der Waals surface area contributed by atoms with Gasteiger partial charge in [0.1, 0.15) is 0 Å². The van der Waals surface area contributed by atoms with Crippen LogP contribution < -0.4 is 10.6 Å². The summed E-state index contributed by atoms with van der Waals surface area (Å²) in [5.74, 6) is 1.18. The molecule has 0 saturated heterocycles. The van der Waals surface area contributed by atoms with Gasteiger partial charge in [-0.2, -0.15) is 0 Å². The van der Waals surface area contributed by atoms with Crippen molar-refractivity contribution in [3.8, 4) is 0 Å². The lowest BCUT2D eigenvalue weighted by Gasteiger charge is -2.07. The molecule has 2 aromatic rings. The van der Waals surface area contributed by atoms with Crippen molar-refractivity contribution in [2.45, 2.75) is 34.2 Å². The van der Waals surface area contributed by atoms with Crippen molar-refractivity contribution in [3.63, 3.8) is 0 Å². The zero-order chi connectivity index (χ0) is 15.4. The fourth-order valence-electron chi connectivity index (χ4n) is 1.98. The van der Waals surface area contributed by atoms with Gasteiger partial charge in [0.25, 0.3) is 0 Å². The number of hydrogen-bond donors (Lipinski definition) is 2. The molecule has 0 bridgehead atoms. The lowest BCUT2D eigenvalue weighted by atomic mass is 10.1. The third-order valence-corrected chi connectivity index (χ3v) is 4.23. The van der Waals surface area contributed by atoms with Crippen LogP contribution in [0.1, 0.15) is 30.9 Å². The maximum Gasteiger partial charge on any atom is 0.320 e. The van der Waals surface area contributed by atoms with Gasteiger partial charge in [-0.15, -0.1) is 5.10 Å². The third kappa shape index (κ3) is 4.54. The summed E-state index contributed by atoms with van der Waals surface area (Å²) in [5, 5.41) is 14.4. The van der Waals surface area contributed by atoms with Crippen molar-refractivity contribution in [2.24, 2.45) is 5.92 Å². The molecule has 5 nitrogen and oxygen atoms in total. The molecule has 0 amide bonds. The van der Waals surface area contributed by atoms with Crippen LogP contribution in [0.5, 0.6) is 0 Å². The zero-order valence-corrected chi connectivity index (χ0v) is 14.4. The van der Waals surface area contributed by atoms with Gasteiger partial charge in [-0.05, 0) is 49.6 Å². The molecule has 1 aromatic heterocycles. The number of anilines is 2. The maximum atomic E-state index is 5.57. The van der Waals surface area contributed by atoms with Crippen molar-refractivity contribution < 1.29 is 4.42 Å². The van der Waals surface area contributed by atoms with Crippen LogP contribution in [0.2, 0.25) is 0 Å². The molecular formula is C15H21BrN4O. The van der Waals surface area contributed by atoms with E-state index in [2.05, 4.69) is 64.5 Å². The lowest BCUT2D eigenvalue weighted by Crippen LogP contribution is -2.19. The first kappa shape index (κ1) is 16.0. The van der Waals surface area contributed by atoms with E-state index < -0.39 is 0 Å². The molecule has 0 saturated carbocycles. The van der Waals surface area contributed by atoms with Gasteiger partial charge >= 0.3 is 6.01 Å². The van der Waals surface area contributed by atoms with Crippen LogP contribution in [0, 0.1) is 19.8 Å². The summed E-state index contributed by atoms with van der Waals surface area (Å²) in [5.41, 5.74) is 3.27. The van der Waals surface area contributed by atoms with E-state index in [4.69, 9.17) is 4.42 Å². The number of benzene rings is 1. The van der Waals surface area contributed by atoms with E-state index in [1.165, 1.54) is 0 Å². The molecule has 0 aliphatic heterocycles. The second kappa shape index (κ2) is 7.04. The van der Waals surface area contributed by atoms with Crippen LogP contribution in [0.15, 0.2) is 21.0 Å². The zero-order valence-electron chi connectivity index (χ0n) is 12.8. The Bertz CT molecular complexity index is 586. The van der Waals surface area contributed by atoms with Crippen molar-refractivity contribution in [3.05, 3.63) is 33.6 Å². The molecule has 6 heteroatoms. The molecule has 1 aromatic carbocycles. The highest BCUT2D eigenvalue weighted by Crippen LogP contribution is 2.26. The number of hydrogen-bond acceptors (Lipinski definition) is 5. The highest BCUT2D eigenvalue weighted by Gasteiger charge is 2.08. The molecule has 0 aliphatic carbocycles. The standard InChI is InChI=1S/C15H21BrN4O/c1-9(2)7-17-8-13-19-20-15(21-13)18-12-5-10(3)14(16)11(4)6-12/h5-6,9,17H,7-8H2,1-4H3,(H,18,20). The summed E-state index contributed by atoms with van der Waals surface area (Å²) >= 11 is 3.56. The van der Waals surface area contributed by atoms with Crippen molar-refractivity contribution in [1.29, 1.82) is 0 Å². The molecule has 0 unspecified atom stereocenters. The molecule has 0 atom stereocenters. The quantitative estimate of drug-likeness (QED) is 0.824. The molecule has 0 radical (unpaired) electrons. The number of nitrogens with one attached hydrogen (secondary N) is 2. The van der Waals surface area contributed by atoms with E-state index in [1.54, 1.807) is 0 Å². The van der Waals surface area contributed by atoms with Gasteiger partial charge in [0.15, 0.2) is 0 Å². The normalized spacial score (nSPS) is 11.1. The van der Waals surface area contributed by atoms with Gasteiger partial charge in [-0.1, -0.05) is 34.9 Å². The second-order valence-corrected chi connectivity index (χ2v) is 6.37. The predicted octanol–water partition coefficient (Wildman–Crippen LogP) is 3.94. The smallest absolute Gasteiger partial charge is 0.320 e. The Balaban J connectivity index is 1.99. The van der Waals surface area contributed by atoms with Crippen molar-refractivity contribution in [2.75, 3.05) is 11.9 Å². The van der Waals surface area contributed by atoms with Crippen LogP contribution in [0.3, 0.4) is 0 Å². The Hall–Kier alpha value is -1.40. The van der Waals surface area contributed by atoms with Gasteiger partial charge in [-0.3, -0.25) is 0 Å². The lowest BCUT2D eigenvalue weighted by molar-refractivity contribution is 0.460. The second-order valence-electron chi connectivity index (χ2n) is 5.57. The first-order valence-electron chi connectivity index (χ1n) is 7.02. The Morgan fingerprint density at radius 3 is 2.48 bits per heavy atom. The summed E-state index contributed by atoms with van der Waals surface area (Å²) in [4.78, 5) is 0. The summed E-state index contributed by atoms with van der Waals surface area (Å²) in [6, 6.07) is 4.49. The summed E-state index contributed by atoms with van der Waals surface area (Å²) in [7, 11) is 0. The van der Waals surface area contributed by atoms with E-state index in [0.717, 1.165) is 27.8 Å². The van der Waals surface area contributed by atoms with E-state index in [0.29, 0.717) is 24.4 Å². The van der Waals surface area contributed by atoms with Gasteiger partial charge in [0, 0.05) is 10.2 Å². The van der Waals surface area contributed by atoms with Crippen LogP contribution in [-0.4, -0.2) is 16.7 Å². The van der Waals surface area contributed by atoms with E-state index in [1.807, 2.05) is 12.1 Å². The Labute approximate surface area is 133 Å². The van der Waals surface area contributed by atoms with Crippen LogP contribution in [0.25, 0.3) is 0 Å². The number of nitrogens with zero attached hydrogens (tertiary/aromatic N) is 2. The molecular weight excluding hydrogens is 332 g/mol. The average molecular weight is 353 g/mol. The van der Waals surface area contributed by atoms with Crippen molar-refractivity contribution in [1.82, 2.24) is 15.5 Å². The number of halogens is 1. The fraction of sp³-hybridized carbons (Fsp3) is 0.467.